The van der Waals surface area contributed by atoms with Crippen molar-refractivity contribution in [2.75, 3.05) is 42.3 Å². The highest BCUT2D eigenvalue weighted by Gasteiger charge is 2.15. The summed E-state index contributed by atoms with van der Waals surface area (Å²) in [7, 11) is 12.4. The fourth-order valence-electron chi connectivity index (χ4n) is 1.07. The van der Waals surface area contributed by atoms with E-state index in [1.54, 1.807) is 0 Å². The molecule has 1 atom stereocenters. The highest BCUT2D eigenvalue weighted by Crippen LogP contribution is 2.40. The maximum absolute atomic E-state index is 2.23. The van der Waals surface area contributed by atoms with Crippen LogP contribution in [0.25, 0.3) is 0 Å². The third-order valence-electron chi connectivity index (χ3n) is 1.07. The van der Waals surface area contributed by atoms with Crippen LogP contribution in [-0.2, 0) is 0 Å². The first-order valence-electron chi connectivity index (χ1n) is 3.28. The molecule has 70 valence electrons. The SMILES string of the molecule is CN(C)P(N(C)C)N(C)C.P. The summed E-state index contributed by atoms with van der Waals surface area (Å²) in [4.78, 5) is 0. The Morgan fingerprint density at radius 3 is 0.818 bits per heavy atom. The molecule has 1 unspecified atom stereocenters. The molecule has 3 nitrogen and oxygen atoms in total. The Balaban J connectivity index is 0. The van der Waals surface area contributed by atoms with Gasteiger partial charge in [0.05, 0.1) is 0 Å². The lowest BCUT2D eigenvalue weighted by molar-refractivity contribution is 0.490. The van der Waals surface area contributed by atoms with Crippen molar-refractivity contribution in [1.29, 1.82) is 0 Å². The number of nitrogens with zero attached hydrogens (tertiary/aromatic N) is 3. The minimum Gasteiger partial charge on any atom is -0.264 e. The van der Waals surface area contributed by atoms with Crippen molar-refractivity contribution < 1.29 is 0 Å². The molecular weight excluding hydrogens is 176 g/mol. The Kier molecular flexibility index (Phi) is 8.15. The summed E-state index contributed by atoms with van der Waals surface area (Å²) in [6.45, 7) is 0. The lowest BCUT2D eigenvalue weighted by Gasteiger charge is -2.34. The largest absolute Gasteiger partial charge is 0.264 e. The molecule has 11 heavy (non-hydrogen) atoms. The van der Waals surface area contributed by atoms with Gasteiger partial charge in [0.1, 0.15) is 8.37 Å². The van der Waals surface area contributed by atoms with Crippen molar-refractivity contribution in [1.82, 2.24) is 14.0 Å². The topological polar surface area (TPSA) is 9.72 Å². The summed E-state index contributed by atoms with van der Waals surface area (Å²) in [5, 5.41) is 0. The van der Waals surface area contributed by atoms with Crippen LogP contribution in [-0.4, -0.2) is 56.3 Å². The zero-order chi connectivity index (χ0) is 8.31. The van der Waals surface area contributed by atoms with E-state index < -0.39 is 0 Å². The van der Waals surface area contributed by atoms with Gasteiger partial charge in [-0.2, -0.15) is 9.90 Å². The maximum atomic E-state index is 2.23. The van der Waals surface area contributed by atoms with Gasteiger partial charge in [0.2, 0.25) is 0 Å². The first-order valence-corrected chi connectivity index (χ1v) is 4.48. The van der Waals surface area contributed by atoms with Gasteiger partial charge < -0.3 is 0 Å². The molecule has 0 aromatic carbocycles. The average Bonchev–Trinajstić information content (AvgIpc) is 1.59. The molecule has 0 fully saturated rings. The van der Waals surface area contributed by atoms with Crippen LogP contribution >= 0.6 is 18.3 Å². The maximum Gasteiger partial charge on any atom is 0.118 e. The third kappa shape index (κ3) is 5.05. The predicted molar refractivity (Wildman–Crippen MR) is 59.1 cm³/mol. The van der Waals surface area contributed by atoms with E-state index in [-0.39, 0.29) is 18.3 Å². The molecule has 5 heteroatoms. The normalized spacial score (nSPS) is 11.5. The Bertz CT molecular complexity index is 76.8. The first kappa shape index (κ1) is 14.3. The molecule has 0 rings (SSSR count). The molecule has 0 saturated carbocycles. The monoisotopic (exact) mass is 197 g/mol. The zero-order valence-electron chi connectivity index (χ0n) is 8.50. The minimum atomic E-state index is -0.238. The molecule has 0 radical (unpaired) electrons. The fraction of sp³-hybridized carbons (Fsp3) is 1.00. The predicted octanol–water partition coefficient (Wildman–Crippen LogP) is 0.956. The van der Waals surface area contributed by atoms with Crippen LogP contribution in [0.1, 0.15) is 0 Å². The van der Waals surface area contributed by atoms with Crippen LogP contribution in [0.2, 0.25) is 0 Å². The second-order valence-electron chi connectivity index (χ2n) is 2.81. The summed E-state index contributed by atoms with van der Waals surface area (Å²) in [5.74, 6) is 0. The first-order chi connectivity index (χ1) is 4.46. The van der Waals surface area contributed by atoms with Gasteiger partial charge in [-0.25, -0.2) is 0 Å². The van der Waals surface area contributed by atoms with E-state index in [9.17, 15) is 0 Å². The van der Waals surface area contributed by atoms with Crippen LogP contribution in [0.4, 0.5) is 0 Å². The number of hydrogen-bond donors (Lipinski definition) is 0. The highest BCUT2D eigenvalue weighted by atomic mass is 31.2. The van der Waals surface area contributed by atoms with Crippen LogP contribution in [0.15, 0.2) is 0 Å². The molecule has 0 aliphatic rings. The van der Waals surface area contributed by atoms with Gasteiger partial charge in [-0.05, 0) is 42.3 Å². The summed E-state index contributed by atoms with van der Waals surface area (Å²) >= 11 is 0. The number of rotatable bonds is 3. The summed E-state index contributed by atoms with van der Waals surface area (Å²) in [5.41, 5.74) is 0. The van der Waals surface area contributed by atoms with Crippen LogP contribution in [0.3, 0.4) is 0 Å². The molecule has 0 N–H and O–H groups in total. The van der Waals surface area contributed by atoms with Crippen molar-refractivity contribution in [2.45, 2.75) is 0 Å². The number of hydrogen-bond acceptors (Lipinski definition) is 3. The molecular formula is C6H21N3P2. The molecule has 0 aromatic heterocycles. The second kappa shape index (κ2) is 6.28. The lowest BCUT2D eigenvalue weighted by atomic mass is 11.2. The van der Waals surface area contributed by atoms with Crippen molar-refractivity contribution in [3.8, 4) is 0 Å². The van der Waals surface area contributed by atoms with Gasteiger partial charge in [0, 0.05) is 0 Å². The van der Waals surface area contributed by atoms with Gasteiger partial charge in [0.15, 0.2) is 0 Å². The minimum absolute atomic E-state index is 0. The van der Waals surface area contributed by atoms with Crippen LogP contribution in [0, 0.1) is 0 Å². The van der Waals surface area contributed by atoms with Gasteiger partial charge >= 0.3 is 0 Å². The van der Waals surface area contributed by atoms with E-state index in [4.69, 9.17) is 0 Å². The van der Waals surface area contributed by atoms with Crippen LogP contribution < -0.4 is 0 Å². The molecule has 0 spiro atoms. The second-order valence-corrected chi connectivity index (χ2v) is 5.75. The van der Waals surface area contributed by atoms with Crippen molar-refractivity contribution >= 4 is 18.3 Å². The summed E-state index contributed by atoms with van der Waals surface area (Å²) in [6.07, 6.45) is 0. The Hall–Kier alpha value is 0.740. The van der Waals surface area contributed by atoms with Crippen molar-refractivity contribution in [2.24, 2.45) is 0 Å². The zero-order valence-corrected chi connectivity index (χ0v) is 10.8. The van der Waals surface area contributed by atoms with E-state index in [1.165, 1.54) is 0 Å². The average molecular weight is 197 g/mol. The van der Waals surface area contributed by atoms with E-state index in [0.717, 1.165) is 0 Å². The lowest BCUT2D eigenvalue weighted by Crippen LogP contribution is -2.25. The summed E-state index contributed by atoms with van der Waals surface area (Å²) in [6, 6.07) is 0. The molecule has 0 bridgehead atoms. The van der Waals surface area contributed by atoms with Crippen LogP contribution in [0.5, 0.6) is 0 Å². The Morgan fingerprint density at radius 2 is 0.818 bits per heavy atom. The third-order valence-corrected chi connectivity index (χ3v) is 3.22. The molecule has 0 aromatic rings. The standard InChI is InChI=1S/C6H18N3P.H3P/c1-7(2)10(8(3)4)9(5)6;/h1-6H3;1H3. The Labute approximate surface area is 75.3 Å². The van der Waals surface area contributed by atoms with E-state index in [2.05, 4.69) is 56.3 Å². The molecule has 0 aliphatic heterocycles. The van der Waals surface area contributed by atoms with Gasteiger partial charge in [-0.15, -0.1) is 0 Å². The molecule has 0 heterocycles. The van der Waals surface area contributed by atoms with E-state index in [0.29, 0.717) is 0 Å². The highest BCUT2D eigenvalue weighted by molar-refractivity contribution is 7.49. The summed E-state index contributed by atoms with van der Waals surface area (Å²) < 4.78 is 6.69. The van der Waals surface area contributed by atoms with Gasteiger partial charge in [0.25, 0.3) is 0 Å². The Morgan fingerprint density at radius 1 is 0.636 bits per heavy atom. The quantitative estimate of drug-likeness (QED) is 0.624. The van der Waals surface area contributed by atoms with Gasteiger partial charge in [-0.1, -0.05) is 0 Å². The molecule has 0 aliphatic carbocycles. The van der Waals surface area contributed by atoms with E-state index >= 15 is 0 Å². The smallest absolute Gasteiger partial charge is 0.118 e. The van der Waals surface area contributed by atoms with E-state index in [1.807, 2.05) is 0 Å². The molecule has 0 saturated heterocycles. The van der Waals surface area contributed by atoms with Crippen molar-refractivity contribution in [3.63, 3.8) is 0 Å². The molecule has 0 amide bonds. The van der Waals surface area contributed by atoms with Gasteiger partial charge in [-0.3, -0.25) is 14.0 Å². The fourth-order valence-corrected chi connectivity index (χ4v) is 3.22. The van der Waals surface area contributed by atoms with Crippen molar-refractivity contribution in [3.05, 3.63) is 0 Å².